The molecule has 0 fully saturated rings. The zero-order chi connectivity index (χ0) is 15.1. The fourth-order valence-electron chi connectivity index (χ4n) is 2.11. The molecule has 0 N–H and O–H groups in total. The van der Waals surface area contributed by atoms with E-state index >= 15 is 0 Å². The van der Waals surface area contributed by atoms with Crippen molar-refractivity contribution in [2.75, 3.05) is 17.3 Å². The second kappa shape index (κ2) is 8.33. The van der Waals surface area contributed by atoms with Crippen LogP contribution in [0.5, 0.6) is 0 Å². The van der Waals surface area contributed by atoms with Gasteiger partial charge in [0.25, 0.3) is 0 Å². The largest absolute Gasteiger partial charge is 0.376 e. The quantitative estimate of drug-likeness (QED) is 0.519. The van der Waals surface area contributed by atoms with E-state index in [1.54, 1.807) is 0 Å². The highest BCUT2D eigenvalue weighted by Crippen LogP contribution is 2.31. The highest BCUT2D eigenvalue weighted by atomic mass is 79.9. The Morgan fingerprint density at radius 3 is 2.29 bits per heavy atom. The van der Waals surface area contributed by atoms with Crippen molar-refractivity contribution < 1.29 is 4.74 Å². The molecule has 0 heterocycles. The Morgan fingerprint density at radius 1 is 0.952 bits per heavy atom. The van der Waals surface area contributed by atoms with Gasteiger partial charge in [0.1, 0.15) is 0 Å². The molecule has 4 heteroatoms. The average molecular weight is 433 g/mol. The lowest BCUT2D eigenvalue weighted by molar-refractivity contribution is 0.0862. The lowest BCUT2D eigenvalue weighted by Gasteiger charge is -2.30. The molecule has 2 rings (SSSR count). The van der Waals surface area contributed by atoms with Crippen molar-refractivity contribution in [3.63, 3.8) is 0 Å². The van der Waals surface area contributed by atoms with Gasteiger partial charge in [-0.05, 0) is 23.3 Å². The topological polar surface area (TPSA) is 9.23 Å². The summed E-state index contributed by atoms with van der Waals surface area (Å²) in [5, 5.41) is 2.36. The summed E-state index contributed by atoms with van der Waals surface area (Å²) >= 11 is 13.4. The van der Waals surface area contributed by atoms with Crippen LogP contribution in [-0.4, -0.2) is 17.3 Å². The fourth-order valence-corrected chi connectivity index (χ4v) is 4.20. The molecule has 0 saturated carbocycles. The minimum absolute atomic E-state index is 0.125. The van der Waals surface area contributed by atoms with Crippen molar-refractivity contribution in [2.24, 2.45) is 0 Å². The maximum Gasteiger partial charge on any atom is 0.0717 e. The molecule has 112 valence electrons. The molecule has 0 saturated heterocycles. The zero-order valence-electron chi connectivity index (χ0n) is 11.6. The van der Waals surface area contributed by atoms with Gasteiger partial charge in [0, 0.05) is 21.1 Å². The smallest absolute Gasteiger partial charge is 0.0717 e. The predicted octanol–water partition coefficient (Wildman–Crippen LogP) is 5.58. The first-order chi connectivity index (χ1) is 10.2. The van der Waals surface area contributed by atoms with E-state index in [-0.39, 0.29) is 5.41 Å². The van der Waals surface area contributed by atoms with E-state index in [9.17, 15) is 0 Å². The van der Waals surface area contributed by atoms with Gasteiger partial charge in [0.05, 0.1) is 13.2 Å². The highest BCUT2D eigenvalue weighted by Gasteiger charge is 2.30. The molecule has 0 amide bonds. The second-order valence-electron chi connectivity index (χ2n) is 5.04. The molecule has 0 aromatic heterocycles. The first-order valence-electron chi connectivity index (χ1n) is 6.70. The standard InChI is InChI=1S/C17H17Br2ClO/c18-11-17(12-19,15-7-4-8-16(20)9-15)13-21-10-14-5-2-1-3-6-14/h1-9H,10-13H2. The monoisotopic (exact) mass is 430 g/mol. The summed E-state index contributed by atoms with van der Waals surface area (Å²) in [5.41, 5.74) is 2.23. The second-order valence-corrected chi connectivity index (χ2v) is 6.59. The van der Waals surface area contributed by atoms with Gasteiger partial charge < -0.3 is 4.74 Å². The molecule has 0 unspecified atom stereocenters. The number of ether oxygens (including phenoxy) is 1. The molecule has 21 heavy (non-hydrogen) atoms. The summed E-state index contributed by atoms with van der Waals surface area (Å²) < 4.78 is 5.96. The van der Waals surface area contributed by atoms with E-state index in [1.807, 2.05) is 36.4 Å². The van der Waals surface area contributed by atoms with E-state index in [1.165, 1.54) is 11.1 Å². The molecule has 0 aliphatic heterocycles. The zero-order valence-corrected chi connectivity index (χ0v) is 15.5. The van der Waals surface area contributed by atoms with Crippen LogP contribution in [0.2, 0.25) is 5.02 Å². The summed E-state index contributed by atoms with van der Waals surface area (Å²) in [5.74, 6) is 0. The molecule has 0 radical (unpaired) electrons. The van der Waals surface area contributed by atoms with Crippen molar-refractivity contribution in [2.45, 2.75) is 12.0 Å². The summed E-state index contributed by atoms with van der Waals surface area (Å²) in [4.78, 5) is 0. The van der Waals surface area contributed by atoms with Crippen molar-refractivity contribution in [3.05, 3.63) is 70.7 Å². The van der Waals surface area contributed by atoms with E-state index in [0.717, 1.165) is 15.7 Å². The molecule has 0 bridgehead atoms. The molecule has 0 spiro atoms. The highest BCUT2D eigenvalue weighted by molar-refractivity contribution is 9.09. The minimum Gasteiger partial charge on any atom is -0.376 e. The molecule has 0 atom stereocenters. The normalized spacial score (nSPS) is 11.6. The third-order valence-corrected chi connectivity index (χ3v) is 5.82. The molecule has 2 aromatic rings. The average Bonchev–Trinajstić information content (AvgIpc) is 2.53. The van der Waals surface area contributed by atoms with E-state index in [4.69, 9.17) is 16.3 Å². The van der Waals surface area contributed by atoms with Crippen LogP contribution in [0.15, 0.2) is 54.6 Å². The minimum atomic E-state index is -0.125. The van der Waals surface area contributed by atoms with Crippen molar-refractivity contribution in [3.8, 4) is 0 Å². The molecule has 2 aromatic carbocycles. The Kier molecular flexibility index (Phi) is 6.74. The number of halogens is 3. The van der Waals surface area contributed by atoms with Gasteiger partial charge in [0.2, 0.25) is 0 Å². The first-order valence-corrected chi connectivity index (χ1v) is 9.32. The molecule has 0 aliphatic carbocycles. The Bertz CT molecular complexity index is 556. The summed E-state index contributed by atoms with van der Waals surface area (Å²) in [6, 6.07) is 18.2. The Hall–Kier alpha value is -0.350. The number of hydrogen-bond donors (Lipinski definition) is 0. The number of hydrogen-bond acceptors (Lipinski definition) is 1. The Balaban J connectivity index is 2.08. The summed E-state index contributed by atoms with van der Waals surface area (Å²) in [6.07, 6.45) is 0. The van der Waals surface area contributed by atoms with Crippen LogP contribution in [0.1, 0.15) is 11.1 Å². The maximum absolute atomic E-state index is 6.12. The fraction of sp³-hybridized carbons (Fsp3) is 0.294. The molecule has 1 nitrogen and oxygen atoms in total. The first kappa shape index (κ1) is 17.0. The maximum atomic E-state index is 6.12. The van der Waals surface area contributed by atoms with Crippen LogP contribution in [0.3, 0.4) is 0 Å². The van der Waals surface area contributed by atoms with Crippen LogP contribution in [0.25, 0.3) is 0 Å². The van der Waals surface area contributed by atoms with Gasteiger partial charge in [-0.3, -0.25) is 0 Å². The lowest BCUT2D eigenvalue weighted by atomic mass is 9.85. The van der Waals surface area contributed by atoms with Gasteiger partial charge in [0.15, 0.2) is 0 Å². The van der Waals surface area contributed by atoms with Crippen LogP contribution < -0.4 is 0 Å². The number of rotatable bonds is 7. The van der Waals surface area contributed by atoms with Crippen LogP contribution in [-0.2, 0) is 16.8 Å². The van der Waals surface area contributed by atoms with Gasteiger partial charge in [-0.25, -0.2) is 0 Å². The Morgan fingerprint density at radius 2 is 1.67 bits per heavy atom. The molecule has 0 aliphatic rings. The SMILES string of the molecule is Clc1cccc(C(CBr)(CBr)COCc2ccccc2)c1. The third-order valence-electron chi connectivity index (χ3n) is 3.44. The number of benzene rings is 2. The summed E-state index contributed by atoms with van der Waals surface area (Å²) in [7, 11) is 0. The predicted molar refractivity (Wildman–Crippen MR) is 96.8 cm³/mol. The Labute approximate surface area is 147 Å². The van der Waals surface area contributed by atoms with Crippen LogP contribution in [0.4, 0.5) is 0 Å². The number of alkyl halides is 2. The summed E-state index contributed by atoms with van der Waals surface area (Å²) in [6.45, 7) is 1.24. The van der Waals surface area contributed by atoms with Crippen molar-refractivity contribution in [1.82, 2.24) is 0 Å². The molecular formula is C17H17Br2ClO. The van der Waals surface area contributed by atoms with E-state index in [2.05, 4.69) is 50.1 Å². The van der Waals surface area contributed by atoms with E-state index in [0.29, 0.717) is 13.2 Å². The van der Waals surface area contributed by atoms with Gasteiger partial charge in [-0.2, -0.15) is 0 Å². The molecular weight excluding hydrogens is 415 g/mol. The van der Waals surface area contributed by atoms with Gasteiger partial charge in [-0.15, -0.1) is 0 Å². The van der Waals surface area contributed by atoms with Crippen LogP contribution >= 0.6 is 43.5 Å². The van der Waals surface area contributed by atoms with Crippen molar-refractivity contribution in [1.29, 1.82) is 0 Å². The van der Waals surface area contributed by atoms with Crippen LogP contribution in [0, 0.1) is 0 Å². The third kappa shape index (κ3) is 4.56. The van der Waals surface area contributed by atoms with Gasteiger partial charge >= 0.3 is 0 Å². The van der Waals surface area contributed by atoms with Gasteiger partial charge in [-0.1, -0.05) is 85.9 Å². The van der Waals surface area contributed by atoms with Crippen molar-refractivity contribution >= 4 is 43.5 Å². The van der Waals surface area contributed by atoms with E-state index < -0.39 is 0 Å². The lowest BCUT2D eigenvalue weighted by Crippen LogP contribution is -2.35.